The van der Waals surface area contributed by atoms with Crippen molar-refractivity contribution in [2.24, 2.45) is 0 Å². The van der Waals surface area contributed by atoms with Crippen LogP contribution < -0.4 is 4.90 Å². The number of fused-ring (bicyclic) bond motifs is 1. The van der Waals surface area contributed by atoms with Crippen molar-refractivity contribution in [1.82, 2.24) is 19.3 Å². The fraction of sp³-hybridized carbons (Fsp3) is 0. The van der Waals surface area contributed by atoms with Crippen LogP contribution in [0.15, 0.2) is 116 Å². The summed E-state index contributed by atoms with van der Waals surface area (Å²) in [6, 6.07) is 37.7. The third-order valence-electron chi connectivity index (χ3n) is 5.42. The van der Waals surface area contributed by atoms with Gasteiger partial charge in [-0.2, -0.15) is 17.2 Å². The molecule has 0 atom stereocenters. The van der Waals surface area contributed by atoms with E-state index in [0.717, 1.165) is 39.6 Å². The molecule has 0 unspecified atom stereocenters. The molecule has 0 bridgehead atoms. The molecular weight excluding hydrogens is 601 g/mol. The topological polar surface area (TPSA) is 38.9 Å². The van der Waals surface area contributed by atoms with Gasteiger partial charge in [-0.3, -0.25) is 9.67 Å². The first kappa shape index (κ1) is 21.9. The maximum atomic E-state index is 4.92. The Labute approximate surface area is 212 Å². The van der Waals surface area contributed by atoms with Crippen molar-refractivity contribution in [3.8, 4) is 11.5 Å². The molecule has 0 fully saturated rings. The summed E-state index contributed by atoms with van der Waals surface area (Å²) in [5.74, 6) is 1.59. The molecule has 0 N–H and O–H groups in total. The molecular formula is C28H19N5Pt. The van der Waals surface area contributed by atoms with Crippen molar-refractivity contribution >= 4 is 28.1 Å². The van der Waals surface area contributed by atoms with Gasteiger partial charge in [0, 0.05) is 17.3 Å². The molecule has 0 aliphatic heterocycles. The molecule has 0 saturated carbocycles. The maximum absolute atomic E-state index is 4.92. The average Bonchev–Trinajstić information content (AvgIpc) is 3.56. The molecule has 0 aliphatic carbocycles. The quantitative estimate of drug-likeness (QED) is 0.213. The number of anilines is 3. The van der Waals surface area contributed by atoms with Crippen molar-refractivity contribution in [2.45, 2.75) is 0 Å². The van der Waals surface area contributed by atoms with E-state index in [1.54, 1.807) is 0 Å². The van der Waals surface area contributed by atoms with E-state index in [0.29, 0.717) is 0 Å². The van der Waals surface area contributed by atoms with Crippen LogP contribution in [0.1, 0.15) is 0 Å². The van der Waals surface area contributed by atoms with Gasteiger partial charge in [-0.15, -0.1) is 30.5 Å². The van der Waals surface area contributed by atoms with Crippen LogP contribution >= 0.6 is 0 Å². The summed E-state index contributed by atoms with van der Waals surface area (Å²) < 4.78 is 3.75. The van der Waals surface area contributed by atoms with Gasteiger partial charge in [0.25, 0.3) is 0 Å². The van der Waals surface area contributed by atoms with Gasteiger partial charge in [-0.05, 0) is 30.0 Å². The normalized spacial score (nSPS) is 10.7. The number of nitrogens with zero attached hydrogens (tertiary/aromatic N) is 5. The summed E-state index contributed by atoms with van der Waals surface area (Å²) in [4.78, 5) is 7.02. The van der Waals surface area contributed by atoms with E-state index < -0.39 is 0 Å². The van der Waals surface area contributed by atoms with Gasteiger partial charge < -0.3 is 9.47 Å². The summed E-state index contributed by atoms with van der Waals surface area (Å²) in [5, 5.41) is 5.81. The van der Waals surface area contributed by atoms with E-state index in [1.807, 2.05) is 107 Å². The van der Waals surface area contributed by atoms with Crippen molar-refractivity contribution in [3.63, 3.8) is 0 Å². The van der Waals surface area contributed by atoms with E-state index in [1.165, 1.54) is 0 Å². The Kier molecular flexibility index (Phi) is 6.11. The molecule has 6 heteroatoms. The Morgan fingerprint density at radius 2 is 1.59 bits per heavy atom. The molecule has 0 saturated heterocycles. The number of aromatic nitrogens is 4. The van der Waals surface area contributed by atoms with Gasteiger partial charge in [0.05, 0.1) is 11.3 Å². The van der Waals surface area contributed by atoms with Gasteiger partial charge in [-0.1, -0.05) is 60.4 Å². The zero-order valence-corrected chi connectivity index (χ0v) is 20.3. The smallest absolute Gasteiger partial charge is 0.436 e. The summed E-state index contributed by atoms with van der Waals surface area (Å²) in [6.45, 7) is 0. The first-order valence-corrected chi connectivity index (χ1v) is 10.7. The number of para-hydroxylation sites is 1. The maximum Gasteiger partial charge on any atom is 2.00 e. The van der Waals surface area contributed by atoms with E-state index in [4.69, 9.17) is 10.1 Å². The Morgan fingerprint density at radius 1 is 0.765 bits per heavy atom. The van der Waals surface area contributed by atoms with Crippen molar-refractivity contribution in [2.75, 3.05) is 4.90 Å². The number of hydrogen-bond acceptors (Lipinski definition) is 3. The van der Waals surface area contributed by atoms with Crippen molar-refractivity contribution in [1.29, 1.82) is 0 Å². The molecule has 6 aromatic rings. The van der Waals surface area contributed by atoms with Crippen LogP contribution in [0.3, 0.4) is 0 Å². The van der Waals surface area contributed by atoms with E-state index in [9.17, 15) is 0 Å². The van der Waals surface area contributed by atoms with Gasteiger partial charge in [0.1, 0.15) is 5.82 Å². The first-order valence-electron chi connectivity index (χ1n) is 10.7. The number of rotatable bonds is 5. The predicted octanol–water partition coefficient (Wildman–Crippen LogP) is 6.28. The fourth-order valence-electron chi connectivity index (χ4n) is 3.88. The monoisotopic (exact) mass is 620 g/mol. The minimum Gasteiger partial charge on any atom is -0.436 e. The Morgan fingerprint density at radius 3 is 2.41 bits per heavy atom. The average molecular weight is 621 g/mol. The summed E-state index contributed by atoms with van der Waals surface area (Å²) in [7, 11) is 0. The van der Waals surface area contributed by atoms with Gasteiger partial charge in [-0.25, -0.2) is 0 Å². The molecule has 3 aromatic carbocycles. The van der Waals surface area contributed by atoms with E-state index >= 15 is 0 Å². The van der Waals surface area contributed by atoms with Gasteiger partial charge in [0.2, 0.25) is 0 Å². The largest absolute Gasteiger partial charge is 2.00 e. The Balaban J connectivity index is 0.00000241. The second-order valence-electron chi connectivity index (χ2n) is 7.59. The molecule has 5 nitrogen and oxygen atoms in total. The zero-order valence-electron chi connectivity index (χ0n) is 18.0. The number of benzene rings is 3. The zero-order chi connectivity index (χ0) is 22.0. The molecule has 3 heterocycles. The van der Waals surface area contributed by atoms with Crippen LogP contribution in [0.2, 0.25) is 0 Å². The number of pyridine rings is 1. The van der Waals surface area contributed by atoms with Gasteiger partial charge in [0.15, 0.2) is 0 Å². The van der Waals surface area contributed by atoms with Crippen molar-refractivity contribution in [3.05, 3.63) is 128 Å². The Bertz CT molecular complexity index is 1490. The Hall–Kier alpha value is -3.95. The fourth-order valence-corrected chi connectivity index (χ4v) is 3.88. The molecule has 6 rings (SSSR count). The summed E-state index contributed by atoms with van der Waals surface area (Å²) in [6.07, 6.45) is 7.12. The van der Waals surface area contributed by atoms with E-state index in [-0.39, 0.29) is 21.1 Å². The summed E-state index contributed by atoms with van der Waals surface area (Å²) >= 11 is 0. The van der Waals surface area contributed by atoms with Gasteiger partial charge >= 0.3 is 21.1 Å². The van der Waals surface area contributed by atoms with Crippen LogP contribution in [0, 0.1) is 12.3 Å². The van der Waals surface area contributed by atoms with Crippen molar-refractivity contribution < 1.29 is 21.1 Å². The minimum absolute atomic E-state index is 0. The standard InChI is InChI=1S/C28H19N5.Pt/c1-2-11-23(12-3-1)33(28-17-9-16-27(29-28)31-18-6-7-19-31)25-14-8-13-24(20-25)32-21-22-10-4-5-15-26(22)30-32;/h1-18,21H;/q-2;+2. The van der Waals surface area contributed by atoms with Crippen LogP contribution in [-0.2, 0) is 21.1 Å². The second kappa shape index (κ2) is 9.50. The van der Waals surface area contributed by atoms with Crippen LogP contribution in [0.25, 0.3) is 22.4 Å². The second-order valence-corrected chi connectivity index (χ2v) is 7.59. The first-order chi connectivity index (χ1) is 16.3. The summed E-state index contributed by atoms with van der Waals surface area (Å²) in [5.41, 5.74) is 3.69. The molecule has 0 amide bonds. The van der Waals surface area contributed by atoms with Crippen LogP contribution in [-0.4, -0.2) is 19.3 Å². The van der Waals surface area contributed by atoms with Crippen LogP contribution in [0.5, 0.6) is 0 Å². The molecule has 34 heavy (non-hydrogen) atoms. The third kappa shape index (κ3) is 4.18. The van der Waals surface area contributed by atoms with Crippen LogP contribution in [0.4, 0.5) is 17.2 Å². The SMILES string of the molecule is [Pt+2].[c-]1c(N(c2ccccc2)c2cccc(-n3[c-]ccc3)n2)cccc1-n1cc2ccccc2n1. The molecule has 0 radical (unpaired) electrons. The number of hydrogen-bond donors (Lipinski definition) is 0. The molecule has 3 aromatic heterocycles. The molecule has 0 spiro atoms. The third-order valence-corrected chi connectivity index (χ3v) is 5.42. The van der Waals surface area contributed by atoms with E-state index in [2.05, 4.69) is 35.4 Å². The molecule has 0 aliphatic rings. The molecule has 166 valence electrons. The predicted molar refractivity (Wildman–Crippen MR) is 131 cm³/mol. The minimum atomic E-state index is 0.